The topological polar surface area (TPSA) is 46.9 Å². The first-order valence-electron chi connectivity index (χ1n) is 7.52. The van der Waals surface area contributed by atoms with Gasteiger partial charge in [-0.15, -0.1) is 6.58 Å². The first-order chi connectivity index (χ1) is 11.0. The predicted molar refractivity (Wildman–Crippen MR) is 95.5 cm³/mol. The maximum Gasteiger partial charge on any atom is 0.258 e. The number of rotatable bonds is 3. The molecular weight excluding hydrogens is 310 g/mol. The Labute approximate surface area is 139 Å². The van der Waals surface area contributed by atoms with E-state index in [-0.39, 0.29) is 11.6 Å². The molecule has 3 rings (SSSR count). The van der Waals surface area contributed by atoms with Gasteiger partial charge in [0.05, 0.1) is 11.6 Å². The number of hydrogen-bond donors (Lipinski definition) is 1. The molecule has 1 unspecified atom stereocenters. The van der Waals surface area contributed by atoms with E-state index in [4.69, 9.17) is 11.6 Å². The highest BCUT2D eigenvalue weighted by Crippen LogP contribution is 2.26. The molecule has 118 valence electrons. The van der Waals surface area contributed by atoms with Crippen LogP contribution in [0.4, 0.5) is 0 Å². The van der Waals surface area contributed by atoms with Crippen molar-refractivity contribution in [3.8, 4) is 0 Å². The van der Waals surface area contributed by atoms with E-state index < -0.39 is 0 Å². The van der Waals surface area contributed by atoms with Crippen molar-refractivity contribution >= 4 is 28.1 Å². The molecule has 4 nitrogen and oxygen atoms in total. The van der Waals surface area contributed by atoms with Crippen molar-refractivity contribution < 1.29 is 0 Å². The lowest BCUT2D eigenvalue weighted by Gasteiger charge is -2.20. The molecule has 0 saturated carbocycles. The highest BCUT2D eigenvalue weighted by molar-refractivity contribution is 6.30. The first-order valence-corrected chi connectivity index (χ1v) is 7.90. The van der Waals surface area contributed by atoms with Crippen molar-refractivity contribution in [3.63, 3.8) is 0 Å². The highest BCUT2D eigenvalue weighted by atomic mass is 35.5. The number of hydrogen-bond acceptors (Lipinski definition) is 3. The molecule has 5 heteroatoms. The molecule has 2 aromatic heterocycles. The van der Waals surface area contributed by atoms with E-state index in [1.165, 1.54) is 0 Å². The van der Waals surface area contributed by atoms with Crippen molar-refractivity contribution in [2.75, 3.05) is 0 Å². The summed E-state index contributed by atoms with van der Waals surface area (Å²) in [4.78, 5) is 17.0. The van der Waals surface area contributed by atoms with Gasteiger partial charge in [-0.05, 0) is 31.6 Å². The summed E-state index contributed by atoms with van der Waals surface area (Å²) in [5, 5.41) is 4.51. The van der Waals surface area contributed by atoms with Crippen molar-refractivity contribution in [1.82, 2.24) is 14.9 Å². The number of nitrogens with zero attached hydrogens (tertiary/aromatic N) is 2. The van der Waals surface area contributed by atoms with Crippen LogP contribution < -0.4 is 10.9 Å². The Balaban J connectivity index is 2.24. The second-order valence-corrected chi connectivity index (χ2v) is 5.90. The lowest BCUT2D eigenvalue weighted by atomic mass is 9.95. The summed E-state index contributed by atoms with van der Waals surface area (Å²) in [5.74, 6) is 0. The molecule has 0 fully saturated rings. The standard InChI is InChI=1S/C18H18ClN3O/c1-4-13-6-11(3)15(10-20-13)14-7-12-9-21-17(19)8-16(12)22(5-2)18(14)23/h4,6-10,13,20H,1,5H2,2-3H3. The van der Waals surface area contributed by atoms with Gasteiger partial charge in [0.25, 0.3) is 5.56 Å². The van der Waals surface area contributed by atoms with Crippen LogP contribution in [0.5, 0.6) is 0 Å². The Morgan fingerprint density at radius 3 is 2.91 bits per heavy atom. The van der Waals surface area contributed by atoms with Gasteiger partial charge in [-0.3, -0.25) is 4.79 Å². The fourth-order valence-corrected chi connectivity index (χ4v) is 3.03. The zero-order valence-electron chi connectivity index (χ0n) is 13.1. The number of halogens is 1. The predicted octanol–water partition coefficient (Wildman–Crippen LogP) is 3.51. The smallest absolute Gasteiger partial charge is 0.258 e. The molecule has 0 amide bonds. The van der Waals surface area contributed by atoms with Gasteiger partial charge in [-0.1, -0.05) is 23.8 Å². The molecule has 0 aromatic carbocycles. The number of aryl methyl sites for hydroxylation is 1. The molecule has 1 N–H and O–H groups in total. The Kier molecular flexibility index (Phi) is 4.09. The number of fused-ring (bicyclic) bond motifs is 1. The lowest BCUT2D eigenvalue weighted by molar-refractivity contribution is 0.755. The van der Waals surface area contributed by atoms with Crippen LogP contribution in [-0.2, 0) is 6.54 Å². The Hall–Kier alpha value is -2.33. The summed E-state index contributed by atoms with van der Waals surface area (Å²) < 4.78 is 1.73. The fraction of sp³-hybridized carbons (Fsp3) is 0.222. The van der Waals surface area contributed by atoms with E-state index in [1.54, 1.807) is 16.8 Å². The second kappa shape index (κ2) is 6.05. The molecule has 0 aliphatic carbocycles. The van der Waals surface area contributed by atoms with E-state index >= 15 is 0 Å². The molecule has 2 aromatic rings. The fourth-order valence-electron chi connectivity index (χ4n) is 2.88. The largest absolute Gasteiger partial charge is 0.381 e. The molecule has 23 heavy (non-hydrogen) atoms. The minimum atomic E-state index is -0.0277. The van der Waals surface area contributed by atoms with Crippen LogP contribution in [0.1, 0.15) is 19.4 Å². The van der Waals surface area contributed by atoms with Crippen molar-refractivity contribution in [1.29, 1.82) is 0 Å². The van der Waals surface area contributed by atoms with Crippen molar-refractivity contribution in [3.05, 3.63) is 69.9 Å². The minimum absolute atomic E-state index is 0.0277. The zero-order chi connectivity index (χ0) is 16.6. The number of nitrogens with one attached hydrogen (secondary N) is 1. The maximum absolute atomic E-state index is 12.9. The van der Waals surface area contributed by atoms with Crippen molar-refractivity contribution in [2.24, 2.45) is 0 Å². The van der Waals surface area contributed by atoms with E-state index in [0.29, 0.717) is 17.3 Å². The zero-order valence-corrected chi connectivity index (χ0v) is 13.9. The Morgan fingerprint density at radius 1 is 1.48 bits per heavy atom. The van der Waals surface area contributed by atoms with Crippen LogP contribution in [-0.4, -0.2) is 15.6 Å². The summed E-state index contributed by atoms with van der Waals surface area (Å²) in [6.07, 6.45) is 7.47. The van der Waals surface area contributed by atoms with Crippen LogP contribution in [0.3, 0.4) is 0 Å². The van der Waals surface area contributed by atoms with Crippen LogP contribution in [0.15, 0.2) is 53.6 Å². The van der Waals surface area contributed by atoms with Gasteiger partial charge in [-0.2, -0.15) is 0 Å². The molecule has 0 spiro atoms. The van der Waals surface area contributed by atoms with Crippen LogP contribution in [0.2, 0.25) is 5.15 Å². The van der Waals surface area contributed by atoms with E-state index in [0.717, 1.165) is 22.0 Å². The van der Waals surface area contributed by atoms with Gasteiger partial charge in [0.1, 0.15) is 5.15 Å². The molecule has 1 aliphatic heterocycles. The number of allylic oxidation sites excluding steroid dienone is 2. The molecular formula is C18H18ClN3O. The normalized spacial score (nSPS) is 17.4. The maximum atomic E-state index is 12.9. The summed E-state index contributed by atoms with van der Waals surface area (Å²) in [6, 6.07) is 3.70. The van der Waals surface area contributed by atoms with Gasteiger partial charge in [0, 0.05) is 35.5 Å². The lowest BCUT2D eigenvalue weighted by Crippen LogP contribution is -2.27. The molecule has 3 heterocycles. The SMILES string of the molecule is C=CC1C=C(C)C(c2cc3cnc(Cl)cc3n(CC)c2=O)=CN1. The number of pyridine rings is 2. The first kappa shape index (κ1) is 15.6. The molecule has 1 aliphatic rings. The summed E-state index contributed by atoms with van der Waals surface area (Å²) in [7, 11) is 0. The van der Waals surface area contributed by atoms with Crippen LogP contribution in [0, 0.1) is 0 Å². The van der Waals surface area contributed by atoms with Gasteiger partial charge >= 0.3 is 0 Å². The second-order valence-electron chi connectivity index (χ2n) is 5.51. The van der Waals surface area contributed by atoms with Gasteiger partial charge < -0.3 is 9.88 Å². The Bertz CT molecular complexity index is 908. The Morgan fingerprint density at radius 2 is 2.26 bits per heavy atom. The third-order valence-electron chi connectivity index (χ3n) is 4.08. The van der Waals surface area contributed by atoms with Gasteiger partial charge in [-0.25, -0.2) is 4.98 Å². The highest BCUT2D eigenvalue weighted by Gasteiger charge is 2.17. The van der Waals surface area contributed by atoms with Gasteiger partial charge in [0.15, 0.2) is 0 Å². The average Bonchev–Trinajstić information content (AvgIpc) is 2.54. The van der Waals surface area contributed by atoms with Crippen LogP contribution in [0.25, 0.3) is 16.5 Å². The molecule has 0 radical (unpaired) electrons. The third kappa shape index (κ3) is 2.70. The van der Waals surface area contributed by atoms with Crippen LogP contribution >= 0.6 is 11.6 Å². The van der Waals surface area contributed by atoms with E-state index in [2.05, 4.69) is 23.0 Å². The summed E-state index contributed by atoms with van der Waals surface area (Å²) in [5.41, 5.74) is 3.38. The molecule has 1 atom stereocenters. The van der Waals surface area contributed by atoms with E-state index in [9.17, 15) is 4.79 Å². The summed E-state index contributed by atoms with van der Waals surface area (Å²) in [6.45, 7) is 8.31. The summed E-state index contributed by atoms with van der Waals surface area (Å²) >= 11 is 5.98. The number of aromatic nitrogens is 2. The number of dihydropyridines is 1. The quantitative estimate of drug-likeness (QED) is 0.693. The van der Waals surface area contributed by atoms with E-state index in [1.807, 2.05) is 32.2 Å². The molecule has 0 bridgehead atoms. The monoisotopic (exact) mass is 327 g/mol. The van der Waals surface area contributed by atoms with Crippen molar-refractivity contribution in [2.45, 2.75) is 26.4 Å². The molecule has 0 saturated heterocycles. The third-order valence-corrected chi connectivity index (χ3v) is 4.29. The average molecular weight is 328 g/mol. The minimum Gasteiger partial charge on any atom is -0.381 e. The van der Waals surface area contributed by atoms with Gasteiger partial charge in [0.2, 0.25) is 0 Å².